The molecule has 2 heterocycles. The van der Waals surface area contributed by atoms with Crippen molar-refractivity contribution in [2.45, 2.75) is 57.0 Å². The van der Waals surface area contributed by atoms with Crippen LogP contribution >= 0.6 is 0 Å². The first-order valence-electron chi connectivity index (χ1n) is 11.2. The number of carbonyl (C=O) groups is 3. The van der Waals surface area contributed by atoms with Crippen molar-refractivity contribution in [2.24, 2.45) is 5.92 Å². The smallest absolute Gasteiger partial charge is 0.325 e. The number of benzene rings is 1. The summed E-state index contributed by atoms with van der Waals surface area (Å²) in [6.07, 6.45) is 5.48. The third kappa shape index (κ3) is 4.21. The molecule has 3 fully saturated rings. The largest absolute Gasteiger partial charge is 0.353 e. The van der Waals surface area contributed by atoms with E-state index in [0.717, 1.165) is 30.8 Å². The number of rotatable bonds is 6. The first-order valence-corrected chi connectivity index (χ1v) is 11.2. The zero-order valence-electron chi connectivity index (χ0n) is 17.7. The van der Waals surface area contributed by atoms with Gasteiger partial charge in [0.2, 0.25) is 5.91 Å². The first kappa shape index (κ1) is 20.8. The van der Waals surface area contributed by atoms with Gasteiger partial charge < -0.3 is 10.6 Å². The molecule has 1 atom stereocenters. The summed E-state index contributed by atoms with van der Waals surface area (Å²) < 4.78 is 0. The van der Waals surface area contributed by atoms with Crippen LogP contribution in [-0.4, -0.2) is 59.4 Å². The molecule has 1 saturated carbocycles. The molecule has 2 saturated heterocycles. The van der Waals surface area contributed by atoms with Crippen molar-refractivity contribution in [3.8, 4) is 0 Å². The van der Waals surface area contributed by atoms with Crippen molar-refractivity contribution in [1.82, 2.24) is 20.4 Å². The highest BCUT2D eigenvalue weighted by atomic mass is 16.2. The zero-order valence-corrected chi connectivity index (χ0v) is 17.7. The summed E-state index contributed by atoms with van der Waals surface area (Å²) in [6.45, 7) is 4.45. The number of nitrogens with one attached hydrogen (secondary N) is 2. The predicted molar refractivity (Wildman–Crippen MR) is 114 cm³/mol. The fourth-order valence-electron chi connectivity index (χ4n) is 5.01. The van der Waals surface area contributed by atoms with Crippen LogP contribution in [0.25, 0.3) is 0 Å². The predicted octanol–water partition coefficient (Wildman–Crippen LogP) is 2.44. The molecule has 162 valence electrons. The molecule has 3 aliphatic rings. The topological polar surface area (TPSA) is 81.8 Å². The molecule has 2 aliphatic heterocycles. The maximum absolute atomic E-state index is 13.0. The molecule has 1 aromatic carbocycles. The van der Waals surface area contributed by atoms with Crippen LogP contribution in [0, 0.1) is 5.92 Å². The van der Waals surface area contributed by atoms with Gasteiger partial charge in [-0.05, 0) is 63.1 Å². The minimum Gasteiger partial charge on any atom is -0.353 e. The molecule has 1 spiro atoms. The summed E-state index contributed by atoms with van der Waals surface area (Å²) in [6, 6.07) is 9.84. The van der Waals surface area contributed by atoms with Crippen LogP contribution in [0.15, 0.2) is 30.3 Å². The molecule has 0 radical (unpaired) electrons. The fraction of sp³-hybridized carbons (Fsp3) is 0.609. The number of urea groups is 1. The number of likely N-dealkylation sites (tertiary alicyclic amines) is 1. The Balaban J connectivity index is 1.37. The Kier molecular flexibility index (Phi) is 6.09. The van der Waals surface area contributed by atoms with Gasteiger partial charge in [0.05, 0.1) is 6.04 Å². The Morgan fingerprint density at radius 1 is 1.17 bits per heavy atom. The molecule has 1 aliphatic carbocycles. The van der Waals surface area contributed by atoms with Gasteiger partial charge in [-0.2, -0.15) is 0 Å². The third-order valence-electron chi connectivity index (χ3n) is 6.93. The van der Waals surface area contributed by atoms with E-state index in [1.54, 1.807) is 0 Å². The first-order chi connectivity index (χ1) is 14.5. The number of hydrogen-bond donors (Lipinski definition) is 2. The second kappa shape index (κ2) is 8.76. The van der Waals surface area contributed by atoms with Crippen LogP contribution in [-0.2, 0) is 9.59 Å². The van der Waals surface area contributed by atoms with E-state index in [0.29, 0.717) is 25.3 Å². The minimum atomic E-state index is -0.800. The number of nitrogens with zero attached hydrogens (tertiary/aromatic N) is 2. The van der Waals surface area contributed by atoms with E-state index in [1.807, 2.05) is 18.2 Å². The van der Waals surface area contributed by atoms with Gasteiger partial charge in [0.15, 0.2) is 0 Å². The normalized spacial score (nSPS) is 28.0. The van der Waals surface area contributed by atoms with Crippen molar-refractivity contribution < 1.29 is 14.4 Å². The van der Waals surface area contributed by atoms with Crippen molar-refractivity contribution in [3.63, 3.8) is 0 Å². The lowest BCUT2D eigenvalue weighted by Crippen LogP contribution is -2.50. The van der Waals surface area contributed by atoms with Gasteiger partial charge in [-0.15, -0.1) is 0 Å². The summed E-state index contributed by atoms with van der Waals surface area (Å²) in [7, 11) is 0. The zero-order chi connectivity index (χ0) is 21.1. The van der Waals surface area contributed by atoms with E-state index in [-0.39, 0.29) is 24.4 Å². The standard InChI is InChI=1S/C23H32N4O3/c1-17-9-11-23(12-10-17)21(29)27(22(30)25-23)16-20(28)24-15-19(26-13-5-6-14-26)18-7-3-2-4-8-18/h2-4,7-8,17,19H,5-6,9-16H2,1H3,(H,24,28)(H,25,30). The quantitative estimate of drug-likeness (QED) is 0.703. The number of amides is 4. The Morgan fingerprint density at radius 3 is 2.50 bits per heavy atom. The fourth-order valence-corrected chi connectivity index (χ4v) is 5.01. The highest BCUT2D eigenvalue weighted by Crippen LogP contribution is 2.36. The molecule has 4 rings (SSSR count). The molecule has 7 nitrogen and oxygen atoms in total. The van der Waals surface area contributed by atoms with Gasteiger partial charge in [0.1, 0.15) is 12.1 Å². The van der Waals surface area contributed by atoms with Crippen LogP contribution in [0.5, 0.6) is 0 Å². The maximum atomic E-state index is 13.0. The van der Waals surface area contributed by atoms with Gasteiger partial charge in [-0.25, -0.2) is 4.79 Å². The Morgan fingerprint density at radius 2 is 1.83 bits per heavy atom. The SMILES string of the molecule is CC1CCC2(CC1)NC(=O)N(CC(=O)NCC(c1ccccc1)N1CCCC1)C2=O. The van der Waals surface area contributed by atoms with Crippen LogP contribution in [0.3, 0.4) is 0 Å². The molecule has 7 heteroatoms. The molecule has 1 aromatic rings. The maximum Gasteiger partial charge on any atom is 0.325 e. The summed E-state index contributed by atoms with van der Waals surface area (Å²) >= 11 is 0. The minimum absolute atomic E-state index is 0.104. The number of carbonyl (C=O) groups excluding carboxylic acids is 3. The second-order valence-corrected chi connectivity index (χ2v) is 9.06. The lowest BCUT2D eigenvalue weighted by Gasteiger charge is -2.33. The van der Waals surface area contributed by atoms with Gasteiger partial charge in [-0.1, -0.05) is 37.3 Å². The average Bonchev–Trinajstić information content (AvgIpc) is 3.35. The van der Waals surface area contributed by atoms with E-state index >= 15 is 0 Å². The van der Waals surface area contributed by atoms with Crippen molar-refractivity contribution in [2.75, 3.05) is 26.2 Å². The van der Waals surface area contributed by atoms with Gasteiger partial charge in [-0.3, -0.25) is 19.4 Å². The molecular formula is C23H32N4O3. The number of imide groups is 1. The van der Waals surface area contributed by atoms with Crippen LogP contribution < -0.4 is 10.6 Å². The van der Waals surface area contributed by atoms with Crippen molar-refractivity contribution in [1.29, 1.82) is 0 Å². The Bertz CT molecular complexity index is 783. The van der Waals surface area contributed by atoms with Gasteiger partial charge in [0, 0.05) is 6.54 Å². The Labute approximate surface area is 178 Å². The van der Waals surface area contributed by atoms with Gasteiger partial charge in [0.25, 0.3) is 5.91 Å². The molecule has 2 N–H and O–H groups in total. The summed E-state index contributed by atoms with van der Waals surface area (Å²) in [4.78, 5) is 41.6. The Hall–Kier alpha value is -2.41. The van der Waals surface area contributed by atoms with E-state index < -0.39 is 11.6 Å². The van der Waals surface area contributed by atoms with Crippen LogP contribution in [0.2, 0.25) is 0 Å². The van der Waals surface area contributed by atoms with Crippen LogP contribution in [0.4, 0.5) is 4.79 Å². The van der Waals surface area contributed by atoms with E-state index in [4.69, 9.17) is 0 Å². The lowest BCUT2D eigenvalue weighted by molar-refractivity contribution is -0.136. The molecule has 0 bridgehead atoms. The highest BCUT2D eigenvalue weighted by Gasteiger charge is 2.52. The molecule has 4 amide bonds. The third-order valence-corrected chi connectivity index (χ3v) is 6.93. The van der Waals surface area contributed by atoms with E-state index in [1.165, 1.54) is 18.4 Å². The molecule has 1 unspecified atom stereocenters. The van der Waals surface area contributed by atoms with E-state index in [2.05, 4.69) is 34.6 Å². The van der Waals surface area contributed by atoms with Gasteiger partial charge >= 0.3 is 6.03 Å². The van der Waals surface area contributed by atoms with Crippen molar-refractivity contribution >= 4 is 17.8 Å². The summed E-state index contributed by atoms with van der Waals surface area (Å²) in [5.74, 6) is 0.0340. The van der Waals surface area contributed by atoms with E-state index in [9.17, 15) is 14.4 Å². The monoisotopic (exact) mass is 412 g/mol. The van der Waals surface area contributed by atoms with Crippen molar-refractivity contribution in [3.05, 3.63) is 35.9 Å². The summed E-state index contributed by atoms with van der Waals surface area (Å²) in [5, 5.41) is 5.85. The second-order valence-electron chi connectivity index (χ2n) is 9.06. The summed E-state index contributed by atoms with van der Waals surface area (Å²) in [5.41, 5.74) is 0.372. The average molecular weight is 413 g/mol. The highest BCUT2D eigenvalue weighted by molar-refractivity contribution is 6.09. The molecule has 30 heavy (non-hydrogen) atoms. The molecule has 0 aromatic heterocycles. The number of hydrogen-bond acceptors (Lipinski definition) is 4. The lowest BCUT2D eigenvalue weighted by atomic mass is 9.77. The van der Waals surface area contributed by atoms with Crippen LogP contribution in [0.1, 0.15) is 57.1 Å². The molecular weight excluding hydrogens is 380 g/mol.